The SMILES string of the molecule is [C-]#[N+]c1c(N)c(C2CCOCC2)cn1-c1ccc(OCc2ccccc2)cc1. The summed E-state index contributed by atoms with van der Waals surface area (Å²) in [5.41, 5.74) is 10.00. The van der Waals surface area contributed by atoms with E-state index < -0.39 is 0 Å². The highest BCUT2D eigenvalue weighted by molar-refractivity contribution is 5.72. The van der Waals surface area contributed by atoms with Crippen LogP contribution in [0.4, 0.5) is 11.5 Å². The van der Waals surface area contributed by atoms with Crippen LogP contribution in [0.3, 0.4) is 0 Å². The molecule has 0 bridgehead atoms. The maximum atomic E-state index is 7.58. The number of hydrogen-bond acceptors (Lipinski definition) is 3. The fourth-order valence-electron chi connectivity index (χ4n) is 3.62. The summed E-state index contributed by atoms with van der Waals surface area (Å²) in [7, 11) is 0. The standard InChI is InChI=1S/C23H23N3O2/c1-25-23-22(24)21(18-11-13-27-14-12-18)15-26(23)19-7-9-20(10-8-19)28-16-17-5-3-2-4-6-17/h2-10,15,18H,11-14,16,24H2. The Morgan fingerprint density at radius 1 is 1.07 bits per heavy atom. The van der Waals surface area contributed by atoms with E-state index in [1.165, 1.54) is 0 Å². The summed E-state index contributed by atoms with van der Waals surface area (Å²) < 4.78 is 13.2. The molecule has 0 atom stereocenters. The Hall–Kier alpha value is -3.23. The highest BCUT2D eigenvalue weighted by atomic mass is 16.5. The van der Waals surface area contributed by atoms with Crippen LogP contribution in [0.1, 0.15) is 29.9 Å². The molecule has 3 aromatic rings. The molecule has 1 aliphatic heterocycles. The van der Waals surface area contributed by atoms with Gasteiger partial charge in [0.25, 0.3) is 5.82 Å². The number of hydrogen-bond donors (Lipinski definition) is 1. The first kappa shape index (κ1) is 18.1. The number of nitrogen functional groups attached to an aromatic ring is 1. The van der Waals surface area contributed by atoms with Crippen molar-refractivity contribution in [3.8, 4) is 11.4 Å². The van der Waals surface area contributed by atoms with Gasteiger partial charge in [0.15, 0.2) is 0 Å². The van der Waals surface area contributed by atoms with Gasteiger partial charge in [0.2, 0.25) is 0 Å². The number of benzene rings is 2. The topological polar surface area (TPSA) is 53.8 Å². The van der Waals surface area contributed by atoms with Gasteiger partial charge in [0, 0.05) is 18.8 Å². The third kappa shape index (κ3) is 3.73. The van der Waals surface area contributed by atoms with E-state index >= 15 is 0 Å². The van der Waals surface area contributed by atoms with Gasteiger partial charge >= 0.3 is 0 Å². The van der Waals surface area contributed by atoms with E-state index in [1.54, 1.807) is 0 Å². The Bertz CT molecular complexity index is 966. The minimum atomic E-state index is 0.351. The van der Waals surface area contributed by atoms with Gasteiger partial charge < -0.3 is 20.1 Å². The first-order chi connectivity index (χ1) is 13.8. The van der Waals surface area contributed by atoms with Crippen molar-refractivity contribution in [1.82, 2.24) is 4.57 Å². The van der Waals surface area contributed by atoms with Crippen molar-refractivity contribution >= 4 is 11.5 Å². The van der Waals surface area contributed by atoms with E-state index in [0.717, 1.165) is 48.6 Å². The summed E-state index contributed by atoms with van der Waals surface area (Å²) in [5.74, 6) is 1.62. The third-order valence-electron chi connectivity index (χ3n) is 5.18. The molecule has 2 N–H and O–H groups in total. The molecule has 0 unspecified atom stereocenters. The normalized spacial score (nSPS) is 14.5. The predicted molar refractivity (Wildman–Crippen MR) is 110 cm³/mol. The summed E-state index contributed by atoms with van der Waals surface area (Å²) in [5, 5.41) is 0. The third-order valence-corrected chi connectivity index (χ3v) is 5.18. The molecule has 2 aromatic carbocycles. The lowest BCUT2D eigenvalue weighted by molar-refractivity contribution is 0.0855. The molecule has 4 rings (SSSR count). The molecule has 0 radical (unpaired) electrons. The van der Waals surface area contributed by atoms with Gasteiger partial charge in [-0.3, -0.25) is 4.57 Å². The van der Waals surface area contributed by atoms with E-state index in [4.69, 9.17) is 21.8 Å². The van der Waals surface area contributed by atoms with Crippen LogP contribution in [0, 0.1) is 6.57 Å². The van der Waals surface area contributed by atoms with E-state index in [1.807, 2.05) is 65.4 Å². The molecule has 1 fully saturated rings. The molecule has 28 heavy (non-hydrogen) atoms. The molecular formula is C23H23N3O2. The van der Waals surface area contributed by atoms with Crippen molar-refractivity contribution in [3.05, 3.63) is 83.3 Å². The van der Waals surface area contributed by atoms with Gasteiger partial charge in [-0.15, -0.1) is 0 Å². The van der Waals surface area contributed by atoms with E-state index in [0.29, 0.717) is 24.0 Å². The number of aromatic nitrogens is 1. The van der Waals surface area contributed by atoms with Crippen molar-refractivity contribution in [3.63, 3.8) is 0 Å². The average molecular weight is 373 g/mol. The molecule has 1 aliphatic rings. The van der Waals surface area contributed by atoms with Gasteiger partial charge in [0.05, 0.1) is 11.9 Å². The van der Waals surface area contributed by atoms with Crippen molar-refractivity contribution in [2.24, 2.45) is 0 Å². The van der Waals surface area contributed by atoms with Crippen molar-refractivity contribution < 1.29 is 9.47 Å². The lowest BCUT2D eigenvalue weighted by Gasteiger charge is -2.21. The zero-order valence-corrected chi connectivity index (χ0v) is 15.7. The minimum absolute atomic E-state index is 0.351. The van der Waals surface area contributed by atoms with Gasteiger partial charge in [-0.05, 0) is 48.6 Å². The Morgan fingerprint density at radius 2 is 1.79 bits per heavy atom. The smallest absolute Gasteiger partial charge is 0.258 e. The highest BCUT2D eigenvalue weighted by Gasteiger charge is 2.24. The van der Waals surface area contributed by atoms with Crippen LogP contribution in [0.5, 0.6) is 5.75 Å². The summed E-state index contributed by atoms with van der Waals surface area (Å²) in [6, 6.07) is 17.8. The molecule has 1 saturated heterocycles. The van der Waals surface area contributed by atoms with E-state index in [2.05, 4.69) is 4.85 Å². The molecule has 0 aliphatic carbocycles. The van der Waals surface area contributed by atoms with E-state index in [-0.39, 0.29) is 0 Å². The molecule has 2 heterocycles. The first-order valence-electron chi connectivity index (χ1n) is 9.49. The average Bonchev–Trinajstić information content (AvgIpc) is 3.10. The van der Waals surface area contributed by atoms with Gasteiger partial charge in [0.1, 0.15) is 18.0 Å². The zero-order chi connectivity index (χ0) is 19.3. The van der Waals surface area contributed by atoms with Gasteiger partial charge in [-0.2, -0.15) is 0 Å². The maximum Gasteiger partial charge on any atom is 0.258 e. The van der Waals surface area contributed by atoms with E-state index in [9.17, 15) is 0 Å². The summed E-state index contributed by atoms with van der Waals surface area (Å²) in [6.45, 7) is 9.60. The fourth-order valence-corrected chi connectivity index (χ4v) is 3.62. The van der Waals surface area contributed by atoms with Crippen LogP contribution in [0.15, 0.2) is 60.8 Å². The van der Waals surface area contributed by atoms with Crippen molar-refractivity contribution in [1.29, 1.82) is 0 Å². The molecule has 0 amide bonds. The Balaban J connectivity index is 1.54. The second-order valence-electron chi connectivity index (χ2n) is 6.96. The van der Waals surface area contributed by atoms with Crippen LogP contribution in [0.2, 0.25) is 0 Å². The number of rotatable bonds is 5. The largest absolute Gasteiger partial charge is 0.489 e. The number of ether oxygens (including phenoxy) is 2. The summed E-state index contributed by atoms with van der Waals surface area (Å²) in [6.07, 6.45) is 3.90. The Kier molecular flexibility index (Phi) is 5.31. The van der Waals surface area contributed by atoms with Crippen LogP contribution in [-0.2, 0) is 11.3 Å². The second kappa shape index (κ2) is 8.20. The van der Waals surface area contributed by atoms with Crippen molar-refractivity contribution in [2.75, 3.05) is 18.9 Å². The lowest BCUT2D eigenvalue weighted by Crippen LogP contribution is -2.14. The maximum absolute atomic E-state index is 7.58. The second-order valence-corrected chi connectivity index (χ2v) is 6.96. The minimum Gasteiger partial charge on any atom is -0.489 e. The molecular weight excluding hydrogens is 350 g/mol. The van der Waals surface area contributed by atoms with Gasteiger partial charge in [-0.1, -0.05) is 36.9 Å². The van der Waals surface area contributed by atoms with Crippen molar-refractivity contribution in [2.45, 2.75) is 25.4 Å². The molecule has 0 spiro atoms. The van der Waals surface area contributed by atoms with Gasteiger partial charge in [-0.25, -0.2) is 0 Å². The monoisotopic (exact) mass is 373 g/mol. The molecule has 5 heteroatoms. The van der Waals surface area contributed by atoms with Crippen LogP contribution < -0.4 is 10.5 Å². The number of nitrogens with two attached hydrogens (primary N) is 1. The zero-order valence-electron chi connectivity index (χ0n) is 15.7. The van der Waals surface area contributed by atoms with Crippen LogP contribution in [-0.4, -0.2) is 17.8 Å². The summed E-state index contributed by atoms with van der Waals surface area (Å²) >= 11 is 0. The Morgan fingerprint density at radius 3 is 2.46 bits per heavy atom. The molecule has 0 saturated carbocycles. The fraction of sp³-hybridized carbons (Fsp3) is 0.261. The molecule has 142 valence electrons. The predicted octanol–water partition coefficient (Wildman–Crippen LogP) is 5.08. The molecule has 1 aromatic heterocycles. The first-order valence-corrected chi connectivity index (χ1v) is 9.49. The lowest BCUT2D eigenvalue weighted by atomic mass is 9.93. The number of nitrogens with zero attached hydrogens (tertiary/aromatic N) is 2. The highest BCUT2D eigenvalue weighted by Crippen LogP contribution is 2.39. The van der Waals surface area contributed by atoms with Crippen LogP contribution >= 0.6 is 0 Å². The van der Waals surface area contributed by atoms with Crippen LogP contribution in [0.25, 0.3) is 10.5 Å². The Labute approximate surface area is 165 Å². The number of anilines is 1. The molecule has 5 nitrogen and oxygen atoms in total. The quantitative estimate of drug-likeness (QED) is 0.634. The summed E-state index contributed by atoms with van der Waals surface area (Å²) in [4.78, 5) is 3.69.